The molecule has 1 atom stereocenters. The van der Waals surface area contributed by atoms with Gasteiger partial charge in [-0.05, 0) is 26.0 Å². The SMILES string of the molecule is Cc1nc2cc(C(C)O)c(F)cc2s1. The highest BCUT2D eigenvalue weighted by atomic mass is 32.1. The number of rotatable bonds is 1. The smallest absolute Gasteiger partial charge is 0.130 e. The first-order valence-corrected chi connectivity index (χ1v) is 5.14. The molecule has 1 aromatic carbocycles. The summed E-state index contributed by atoms with van der Waals surface area (Å²) in [6, 6.07) is 3.04. The third kappa shape index (κ3) is 1.51. The number of aliphatic hydroxyl groups is 1. The van der Waals surface area contributed by atoms with Gasteiger partial charge in [0.1, 0.15) is 5.82 Å². The zero-order chi connectivity index (χ0) is 10.3. The number of hydrogen-bond donors (Lipinski definition) is 1. The molecule has 2 rings (SSSR count). The largest absolute Gasteiger partial charge is 0.389 e. The van der Waals surface area contributed by atoms with Crippen molar-refractivity contribution in [3.8, 4) is 0 Å². The molecule has 1 N–H and O–H groups in total. The second-order valence-corrected chi connectivity index (χ2v) is 4.49. The van der Waals surface area contributed by atoms with Crippen LogP contribution in [-0.2, 0) is 0 Å². The molecule has 0 aliphatic carbocycles. The lowest BCUT2D eigenvalue weighted by Gasteiger charge is -2.05. The van der Waals surface area contributed by atoms with Gasteiger partial charge in [-0.2, -0.15) is 0 Å². The van der Waals surface area contributed by atoms with Crippen LogP contribution in [0.15, 0.2) is 12.1 Å². The molecule has 0 saturated heterocycles. The Bertz CT molecular complexity index is 478. The van der Waals surface area contributed by atoms with Crippen LogP contribution in [0.25, 0.3) is 10.2 Å². The first-order valence-electron chi connectivity index (χ1n) is 4.32. The van der Waals surface area contributed by atoms with Gasteiger partial charge in [-0.15, -0.1) is 11.3 Å². The van der Waals surface area contributed by atoms with Crippen LogP contribution in [0.1, 0.15) is 23.6 Å². The Morgan fingerprint density at radius 1 is 1.50 bits per heavy atom. The predicted molar refractivity (Wildman–Crippen MR) is 54.9 cm³/mol. The zero-order valence-electron chi connectivity index (χ0n) is 7.91. The summed E-state index contributed by atoms with van der Waals surface area (Å²) < 4.78 is 14.2. The fraction of sp³-hybridized carbons (Fsp3) is 0.300. The van der Waals surface area contributed by atoms with Crippen molar-refractivity contribution in [2.75, 3.05) is 0 Å². The number of aliphatic hydroxyl groups excluding tert-OH is 1. The molecular weight excluding hydrogens is 201 g/mol. The van der Waals surface area contributed by atoms with Crippen molar-refractivity contribution in [2.24, 2.45) is 0 Å². The minimum atomic E-state index is -0.790. The predicted octanol–water partition coefficient (Wildman–Crippen LogP) is 2.80. The summed E-state index contributed by atoms with van der Waals surface area (Å²) in [5.74, 6) is -0.365. The van der Waals surface area contributed by atoms with Crippen molar-refractivity contribution in [3.63, 3.8) is 0 Å². The van der Waals surface area contributed by atoms with Crippen LogP contribution in [0, 0.1) is 12.7 Å². The van der Waals surface area contributed by atoms with E-state index in [1.54, 1.807) is 13.0 Å². The van der Waals surface area contributed by atoms with Gasteiger partial charge in [-0.1, -0.05) is 0 Å². The van der Waals surface area contributed by atoms with Gasteiger partial charge in [-0.3, -0.25) is 0 Å². The van der Waals surface area contributed by atoms with E-state index in [1.807, 2.05) is 6.92 Å². The molecule has 2 aromatic rings. The number of nitrogens with zero attached hydrogens (tertiary/aromatic N) is 1. The second-order valence-electron chi connectivity index (χ2n) is 3.25. The average molecular weight is 211 g/mol. The van der Waals surface area contributed by atoms with Crippen LogP contribution in [0.3, 0.4) is 0 Å². The topological polar surface area (TPSA) is 33.1 Å². The number of fused-ring (bicyclic) bond motifs is 1. The van der Waals surface area contributed by atoms with E-state index in [0.29, 0.717) is 5.56 Å². The first-order chi connectivity index (χ1) is 6.58. The highest BCUT2D eigenvalue weighted by Gasteiger charge is 2.11. The Morgan fingerprint density at radius 2 is 2.21 bits per heavy atom. The van der Waals surface area contributed by atoms with E-state index in [9.17, 15) is 9.50 Å². The minimum Gasteiger partial charge on any atom is -0.389 e. The molecular formula is C10H10FNOS. The van der Waals surface area contributed by atoms with Crippen molar-refractivity contribution in [1.82, 2.24) is 4.98 Å². The summed E-state index contributed by atoms with van der Waals surface area (Å²) in [5, 5.41) is 10.2. The molecule has 0 aliphatic rings. The molecule has 0 saturated carbocycles. The monoisotopic (exact) mass is 211 g/mol. The number of halogens is 1. The molecule has 4 heteroatoms. The van der Waals surface area contributed by atoms with Gasteiger partial charge in [0.15, 0.2) is 0 Å². The molecule has 0 bridgehead atoms. The lowest BCUT2D eigenvalue weighted by Crippen LogP contribution is -1.95. The van der Waals surface area contributed by atoms with E-state index >= 15 is 0 Å². The Balaban J connectivity index is 2.70. The number of benzene rings is 1. The van der Waals surface area contributed by atoms with E-state index in [4.69, 9.17) is 0 Å². The maximum atomic E-state index is 13.4. The second kappa shape index (κ2) is 3.29. The fourth-order valence-electron chi connectivity index (χ4n) is 1.40. The van der Waals surface area contributed by atoms with Crippen molar-refractivity contribution in [3.05, 3.63) is 28.5 Å². The van der Waals surface area contributed by atoms with Crippen LogP contribution in [0.4, 0.5) is 4.39 Å². The lowest BCUT2D eigenvalue weighted by molar-refractivity contribution is 0.194. The quantitative estimate of drug-likeness (QED) is 0.786. The highest BCUT2D eigenvalue weighted by molar-refractivity contribution is 7.18. The molecule has 14 heavy (non-hydrogen) atoms. The van der Waals surface area contributed by atoms with Gasteiger partial charge in [0.25, 0.3) is 0 Å². The first kappa shape index (κ1) is 9.55. The number of aromatic nitrogens is 1. The van der Waals surface area contributed by atoms with E-state index in [1.165, 1.54) is 17.4 Å². The molecule has 2 nitrogen and oxygen atoms in total. The summed E-state index contributed by atoms with van der Waals surface area (Å²) in [6.07, 6.45) is -0.790. The van der Waals surface area contributed by atoms with Gasteiger partial charge < -0.3 is 5.11 Å². The van der Waals surface area contributed by atoms with Crippen LogP contribution in [-0.4, -0.2) is 10.1 Å². The molecule has 1 heterocycles. The van der Waals surface area contributed by atoms with Crippen molar-refractivity contribution < 1.29 is 9.50 Å². The van der Waals surface area contributed by atoms with Crippen molar-refractivity contribution in [2.45, 2.75) is 20.0 Å². The van der Waals surface area contributed by atoms with Crippen molar-refractivity contribution >= 4 is 21.6 Å². The minimum absolute atomic E-state index is 0.308. The van der Waals surface area contributed by atoms with E-state index in [-0.39, 0.29) is 5.82 Å². The van der Waals surface area contributed by atoms with Gasteiger partial charge >= 0.3 is 0 Å². The van der Waals surface area contributed by atoms with Crippen LogP contribution in [0.5, 0.6) is 0 Å². The third-order valence-electron chi connectivity index (χ3n) is 2.06. The maximum Gasteiger partial charge on any atom is 0.130 e. The fourth-order valence-corrected chi connectivity index (χ4v) is 2.23. The molecule has 0 amide bonds. The molecule has 0 aliphatic heterocycles. The van der Waals surface area contributed by atoms with Crippen molar-refractivity contribution in [1.29, 1.82) is 0 Å². The standard InChI is InChI=1S/C10H10FNOS/c1-5(13)7-3-9-10(4-8(7)11)14-6(2)12-9/h3-5,13H,1-2H3. The average Bonchev–Trinajstić information content (AvgIpc) is 2.42. The van der Waals surface area contributed by atoms with Crippen LogP contribution in [0.2, 0.25) is 0 Å². The Morgan fingerprint density at radius 3 is 2.86 bits per heavy atom. The Kier molecular flexibility index (Phi) is 2.25. The highest BCUT2D eigenvalue weighted by Crippen LogP contribution is 2.27. The van der Waals surface area contributed by atoms with Crippen LogP contribution >= 0.6 is 11.3 Å². The molecule has 74 valence electrons. The lowest BCUT2D eigenvalue weighted by atomic mass is 10.1. The van der Waals surface area contributed by atoms with E-state index in [0.717, 1.165) is 15.2 Å². The third-order valence-corrected chi connectivity index (χ3v) is 3.00. The summed E-state index contributed by atoms with van der Waals surface area (Å²) >= 11 is 1.45. The van der Waals surface area contributed by atoms with E-state index in [2.05, 4.69) is 4.98 Å². The zero-order valence-corrected chi connectivity index (χ0v) is 8.73. The molecule has 0 fully saturated rings. The summed E-state index contributed by atoms with van der Waals surface area (Å²) in [7, 11) is 0. The summed E-state index contributed by atoms with van der Waals surface area (Å²) in [4.78, 5) is 4.24. The summed E-state index contributed by atoms with van der Waals surface area (Å²) in [5.41, 5.74) is 1.06. The van der Waals surface area contributed by atoms with Gasteiger partial charge in [0.05, 0.1) is 21.3 Å². The number of hydrogen-bond acceptors (Lipinski definition) is 3. The maximum absolute atomic E-state index is 13.4. The summed E-state index contributed by atoms with van der Waals surface area (Å²) in [6.45, 7) is 3.42. The van der Waals surface area contributed by atoms with Crippen LogP contribution < -0.4 is 0 Å². The number of aryl methyl sites for hydroxylation is 1. The molecule has 0 spiro atoms. The molecule has 1 aromatic heterocycles. The Hall–Kier alpha value is -1.00. The Labute approximate surface area is 85.0 Å². The van der Waals surface area contributed by atoms with Gasteiger partial charge in [-0.25, -0.2) is 9.37 Å². The van der Waals surface area contributed by atoms with E-state index < -0.39 is 6.10 Å². The number of thiazole rings is 1. The molecule has 0 radical (unpaired) electrons. The van der Waals surface area contributed by atoms with Gasteiger partial charge in [0.2, 0.25) is 0 Å². The molecule has 1 unspecified atom stereocenters. The van der Waals surface area contributed by atoms with Gasteiger partial charge in [0, 0.05) is 5.56 Å². The normalized spacial score (nSPS) is 13.4.